The standard InChI is InChI=1S/C18H32N4O2/c1-21(2)18(6-11-23-12-7-18)14-19-13-15-5-4-10-24-16(15)17-20-8-9-22(17)3/h8-9,15-16,19H,4-7,10-14H2,1-3H3/t15-,16+/m0/s1. The first kappa shape index (κ1) is 17.9. The average Bonchev–Trinajstić information content (AvgIpc) is 3.02. The first-order valence-electron chi connectivity index (χ1n) is 9.17. The summed E-state index contributed by atoms with van der Waals surface area (Å²) >= 11 is 0. The van der Waals surface area contributed by atoms with Crippen LogP contribution in [0.1, 0.15) is 37.6 Å². The Hall–Kier alpha value is -0.950. The van der Waals surface area contributed by atoms with Gasteiger partial charge in [0.2, 0.25) is 0 Å². The maximum atomic E-state index is 6.08. The molecule has 136 valence electrons. The molecule has 0 radical (unpaired) electrons. The Morgan fingerprint density at radius 3 is 2.79 bits per heavy atom. The zero-order chi connectivity index (χ0) is 17.0. The van der Waals surface area contributed by atoms with Crippen LogP contribution in [0.3, 0.4) is 0 Å². The molecule has 2 atom stereocenters. The molecule has 0 aliphatic carbocycles. The van der Waals surface area contributed by atoms with E-state index in [4.69, 9.17) is 9.47 Å². The van der Waals surface area contributed by atoms with Crippen LogP contribution < -0.4 is 5.32 Å². The molecule has 3 rings (SSSR count). The summed E-state index contributed by atoms with van der Waals surface area (Å²) in [4.78, 5) is 6.89. The number of rotatable bonds is 6. The van der Waals surface area contributed by atoms with Crippen LogP contribution in [0, 0.1) is 5.92 Å². The second kappa shape index (κ2) is 7.95. The molecule has 2 fully saturated rings. The Morgan fingerprint density at radius 2 is 2.12 bits per heavy atom. The smallest absolute Gasteiger partial charge is 0.137 e. The van der Waals surface area contributed by atoms with Crippen molar-refractivity contribution in [2.75, 3.05) is 47.0 Å². The SMILES string of the molecule is CN(C)C1(CNC[C@@H]2CCCO[C@H]2c2nccn2C)CCOCC1. The lowest BCUT2D eigenvalue weighted by Crippen LogP contribution is -2.55. The van der Waals surface area contributed by atoms with Crippen molar-refractivity contribution in [2.24, 2.45) is 13.0 Å². The third-order valence-corrected chi connectivity index (χ3v) is 5.79. The Kier molecular flexibility index (Phi) is 5.92. The largest absolute Gasteiger partial charge is 0.381 e. The van der Waals surface area contributed by atoms with Gasteiger partial charge in [0, 0.05) is 63.8 Å². The van der Waals surface area contributed by atoms with Crippen molar-refractivity contribution >= 4 is 0 Å². The molecule has 0 aromatic carbocycles. The number of nitrogens with one attached hydrogen (secondary N) is 1. The molecule has 2 aliphatic rings. The van der Waals surface area contributed by atoms with Crippen LogP contribution in [0.5, 0.6) is 0 Å². The second-order valence-corrected chi connectivity index (χ2v) is 7.45. The minimum atomic E-state index is 0.108. The van der Waals surface area contributed by atoms with E-state index in [0.29, 0.717) is 5.92 Å². The molecule has 0 amide bonds. The molecule has 0 bridgehead atoms. The highest BCUT2D eigenvalue weighted by Crippen LogP contribution is 2.32. The summed E-state index contributed by atoms with van der Waals surface area (Å²) in [7, 11) is 6.43. The van der Waals surface area contributed by atoms with Gasteiger partial charge in [0.15, 0.2) is 0 Å². The zero-order valence-corrected chi connectivity index (χ0v) is 15.3. The minimum absolute atomic E-state index is 0.108. The number of likely N-dealkylation sites (N-methyl/N-ethyl adjacent to an activating group) is 1. The number of imidazole rings is 1. The monoisotopic (exact) mass is 336 g/mol. The summed E-state index contributed by atoms with van der Waals surface area (Å²) in [6, 6.07) is 0. The Bertz CT molecular complexity index is 511. The summed E-state index contributed by atoms with van der Waals surface area (Å²) in [5.41, 5.74) is 0.215. The quantitative estimate of drug-likeness (QED) is 0.855. The van der Waals surface area contributed by atoms with Gasteiger partial charge < -0.3 is 24.3 Å². The molecule has 0 saturated carbocycles. The van der Waals surface area contributed by atoms with Crippen molar-refractivity contribution in [3.05, 3.63) is 18.2 Å². The van der Waals surface area contributed by atoms with Gasteiger partial charge in [-0.2, -0.15) is 0 Å². The first-order chi connectivity index (χ1) is 11.6. The van der Waals surface area contributed by atoms with Crippen molar-refractivity contribution < 1.29 is 9.47 Å². The van der Waals surface area contributed by atoms with Crippen LogP contribution in [0.25, 0.3) is 0 Å². The van der Waals surface area contributed by atoms with E-state index in [1.54, 1.807) is 0 Å². The van der Waals surface area contributed by atoms with Gasteiger partial charge in [-0.15, -0.1) is 0 Å². The van der Waals surface area contributed by atoms with Crippen molar-refractivity contribution in [1.82, 2.24) is 19.8 Å². The highest BCUT2D eigenvalue weighted by Gasteiger charge is 2.35. The molecule has 3 heterocycles. The van der Waals surface area contributed by atoms with E-state index in [1.807, 2.05) is 19.4 Å². The van der Waals surface area contributed by atoms with Gasteiger partial charge in [0.1, 0.15) is 11.9 Å². The fourth-order valence-electron chi connectivity index (χ4n) is 4.01. The average molecular weight is 336 g/mol. The molecule has 2 aliphatic heterocycles. The van der Waals surface area contributed by atoms with Crippen LogP contribution in [0.4, 0.5) is 0 Å². The van der Waals surface area contributed by atoms with E-state index >= 15 is 0 Å². The molecule has 6 heteroatoms. The topological polar surface area (TPSA) is 51.5 Å². The van der Waals surface area contributed by atoms with E-state index in [-0.39, 0.29) is 11.6 Å². The minimum Gasteiger partial charge on any atom is -0.381 e. The number of hydrogen-bond donors (Lipinski definition) is 1. The third-order valence-electron chi connectivity index (χ3n) is 5.79. The molecule has 0 spiro atoms. The van der Waals surface area contributed by atoms with Crippen LogP contribution in [-0.4, -0.2) is 67.0 Å². The maximum absolute atomic E-state index is 6.08. The van der Waals surface area contributed by atoms with Crippen LogP contribution >= 0.6 is 0 Å². The van der Waals surface area contributed by atoms with Gasteiger partial charge in [-0.3, -0.25) is 0 Å². The molecular weight excluding hydrogens is 304 g/mol. The summed E-state index contributed by atoms with van der Waals surface area (Å²) < 4.78 is 13.7. The Morgan fingerprint density at radius 1 is 1.33 bits per heavy atom. The van der Waals surface area contributed by atoms with Gasteiger partial charge in [-0.25, -0.2) is 4.98 Å². The fraction of sp³-hybridized carbons (Fsp3) is 0.833. The van der Waals surface area contributed by atoms with Gasteiger partial charge in [0.05, 0.1) is 0 Å². The predicted molar refractivity (Wildman–Crippen MR) is 94.0 cm³/mol. The molecular formula is C18H32N4O2. The van der Waals surface area contributed by atoms with E-state index < -0.39 is 0 Å². The molecule has 1 aromatic heterocycles. The predicted octanol–water partition coefficient (Wildman–Crippen LogP) is 1.59. The van der Waals surface area contributed by atoms with Crippen LogP contribution in [0.2, 0.25) is 0 Å². The van der Waals surface area contributed by atoms with Gasteiger partial charge >= 0.3 is 0 Å². The van der Waals surface area contributed by atoms with E-state index in [1.165, 1.54) is 6.42 Å². The third kappa shape index (κ3) is 3.82. The fourth-order valence-corrected chi connectivity index (χ4v) is 4.01. The summed E-state index contributed by atoms with van der Waals surface area (Å²) in [6.07, 6.45) is 8.49. The highest BCUT2D eigenvalue weighted by molar-refractivity contribution is 5.00. The van der Waals surface area contributed by atoms with Crippen LogP contribution in [0.15, 0.2) is 12.4 Å². The van der Waals surface area contributed by atoms with Gasteiger partial charge in [-0.1, -0.05) is 0 Å². The van der Waals surface area contributed by atoms with Crippen molar-refractivity contribution in [3.8, 4) is 0 Å². The van der Waals surface area contributed by atoms with Crippen molar-refractivity contribution in [2.45, 2.75) is 37.3 Å². The lowest BCUT2D eigenvalue weighted by atomic mass is 9.87. The highest BCUT2D eigenvalue weighted by atomic mass is 16.5. The first-order valence-corrected chi connectivity index (χ1v) is 9.17. The molecule has 0 unspecified atom stereocenters. The second-order valence-electron chi connectivity index (χ2n) is 7.45. The van der Waals surface area contributed by atoms with Gasteiger partial charge in [0.25, 0.3) is 0 Å². The Balaban J connectivity index is 1.59. The number of aromatic nitrogens is 2. The van der Waals surface area contributed by atoms with Crippen LogP contribution in [-0.2, 0) is 16.5 Å². The lowest BCUT2D eigenvalue weighted by Gasteiger charge is -2.43. The molecule has 24 heavy (non-hydrogen) atoms. The molecule has 1 N–H and O–H groups in total. The van der Waals surface area contributed by atoms with Crippen molar-refractivity contribution in [3.63, 3.8) is 0 Å². The van der Waals surface area contributed by atoms with E-state index in [0.717, 1.165) is 58.0 Å². The zero-order valence-electron chi connectivity index (χ0n) is 15.3. The normalized spacial score (nSPS) is 27.5. The summed E-state index contributed by atoms with van der Waals surface area (Å²) in [5.74, 6) is 1.54. The number of nitrogens with zero attached hydrogens (tertiary/aromatic N) is 3. The summed E-state index contributed by atoms with van der Waals surface area (Å²) in [5, 5.41) is 3.74. The van der Waals surface area contributed by atoms with E-state index in [9.17, 15) is 0 Å². The van der Waals surface area contributed by atoms with Gasteiger partial charge in [-0.05, 0) is 39.8 Å². The number of ether oxygens (including phenoxy) is 2. The summed E-state index contributed by atoms with van der Waals surface area (Å²) in [6.45, 7) is 4.55. The molecule has 6 nitrogen and oxygen atoms in total. The van der Waals surface area contributed by atoms with E-state index in [2.05, 4.69) is 33.9 Å². The Labute approximate surface area is 145 Å². The lowest BCUT2D eigenvalue weighted by molar-refractivity contribution is -0.0381. The molecule has 1 aromatic rings. The maximum Gasteiger partial charge on any atom is 0.137 e. The number of hydrogen-bond acceptors (Lipinski definition) is 5. The number of aryl methyl sites for hydroxylation is 1. The molecule has 2 saturated heterocycles. The van der Waals surface area contributed by atoms with Crippen molar-refractivity contribution in [1.29, 1.82) is 0 Å².